The summed E-state index contributed by atoms with van der Waals surface area (Å²) in [6.07, 6.45) is 1.44. The van der Waals surface area contributed by atoms with Gasteiger partial charge < -0.3 is 18.3 Å². The third-order valence-electron chi connectivity index (χ3n) is 3.29. The molecule has 0 spiro atoms. The molecule has 2 aromatic heterocycles. The van der Waals surface area contributed by atoms with Gasteiger partial charge in [0.05, 0.1) is 25.5 Å². The monoisotopic (exact) mass is 360 g/mol. The Hall–Kier alpha value is -2.74. The minimum Gasteiger partial charge on any atom is -0.493 e. The number of carbonyl (C=O) groups excluding carboxylic acids is 1. The maximum atomic E-state index is 11.6. The zero-order valence-corrected chi connectivity index (χ0v) is 14.5. The van der Waals surface area contributed by atoms with Crippen molar-refractivity contribution < 1.29 is 23.1 Å². The second-order valence-corrected chi connectivity index (χ2v) is 5.78. The van der Waals surface area contributed by atoms with Gasteiger partial charge in [0, 0.05) is 11.3 Å². The minimum absolute atomic E-state index is 0.177. The van der Waals surface area contributed by atoms with Gasteiger partial charge in [-0.15, -0.1) is 10.2 Å². The first-order valence-corrected chi connectivity index (χ1v) is 8.54. The number of para-hydroxylation sites is 1. The number of thioether (sulfide) groups is 1. The largest absolute Gasteiger partial charge is 0.493 e. The van der Waals surface area contributed by atoms with Crippen molar-refractivity contribution in [3.05, 3.63) is 47.9 Å². The van der Waals surface area contributed by atoms with Crippen LogP contribution in [0.5, 0.6) is 5.75 Å². The van der Waals surface area contributed by atoms with Crippen molar-refractivity contribution in [2.45, 2.75) is 17.9 Å². The van der Waals surface area contributed by atoms with E-state index in [0.717, 1.165) is 5.56 Å². The Balaban J connectivity index is 1.73. The summed E-state index contributed by atoms with van der Waals surface area (Å²) >= 11 is 1.31. The number of rotatable bonds is 7. The summed E-state index contributed by atoms with van der Waals surface area (Å²) < 4.78 is 21.1. The molecule has 0 aliphatic carbocycles. The summed E-state index contributed by atoms with van der Waals surface area (Å²) in [6.45, 7) is 2.46. The van der Waals surface area contributed by atoms with E-state index >= 15 is 0 Å². The zero-order valence-electron chi connectivity index (χ0n) is 13.7. The average molecular weight is 360 g/mol. The summed E-state index contributed by atoms with van der Waals surface area (Å²) in [6, 6.07) is 9.18. The van der Waals surface area contributed by atoms with Crippen LogP contribution < -0.4 is 4.74 Å². The van der Waals surface area contributed by atoms with E-state index < -0.39 is 5.97 Å². The van der Waals surface area contributed by atoms with E-state index in [2.05, 4.69) is 14.9 Å². The molecule has 25 heavy (non-hydrogen) atoms. The fourth-order valence-corrected chi connectivity index (χ4v) is 2.90. The van der Waals surface area contributed by atoms with Crippen molar-refractivity contribution in [3.63, 3.8) is 0 Å². The lowest BCUT2D eigenvalue weighted by Gasteiger charge is -2.06. The predicted octanol–water partition coefficient (Wildman–Crippen LogP) is 3.81. The van der Waals surface area contributed by atoms with Crippen LogP contribution in [0.25, 0.3) is 11.5 Å². The quantitative estimate of drug-likeness (QED) is 0.464. The van der Waals surface area contributed by atoms with Gasteiger partial charge in [-0.1, -0.05) is 23.9 Å². The van der Waals surface area contributed by atoms with E-state index in [1.807, 2.05) is 31.2 Å². The Morgan fingerprint density at radius 2 is 2.08 bits per heavy atom. The number of methoxy groups -OCH3 is 1. The van der Waals surface area contributed by atoms with Gasteiger partial charge in [-0.2, -0.15) is 0 Å². The van der Waals surface area contributed by atoms with Crippen molar-refractivity contribution in [2.24, 2.45) is 0 Å². The molecule has 0 N–H and O–H groups in total. The summed E-state index contributed by atoms with van der Waals surface area (Å²) in [4.78, 5) is 11.6. The number of ether oxygens (including phenoxy) is 2. The van der Waals surface area contributed by atoms with E-state index in [9.17, 15) is 4.79 Å². The van der Waals surface area contributed by atoms with Gasteiger partial charge in [0.2, 0.25) is 5.76 Å². The molecule has 3 rings (SSSR count). The molecule has 0 saturated carbocycles. The number of benzene rings is 1. The normalized spacial score (nSPS) is 10.6. The lowest BCUT2D eigenvalue weighted by atomic mass is 10.2. The van der Waals surface area contributed by atoms with Gasteiger partial charge in [-0.25, -0.2) is 4.79 Å². The van der Waals surface area contributed by atoms with Crippen LogP contribution in [0.1, 0.15) is 23.0 Å². The van der Waals surface area contributed by atoms with Crippen LogP contribution in [0.3, 0.4) is 0 Å². The second kappa shape index (κ2) is 7.89. The first-order valence-electron chi connectivity index (χ1n) is 7.56. The number of furan rings is 1. The van der Waals surface area contributed by atoms with E-state index in [1.54, 1.807) is 6.07 Å². The minimum atomic E-state index is -0.516. The van der Waals surface area contributed by atoms with Crippen LogP contribution in [-0.4, -0.2) is 29.9 Å². The van der Waals surface area contributed by atoms with Crippen molar-refractivity contribution >= 4 is 17.7 Å². The molecule has 7 nitrogen and oxygen atoms in total. The summed E-state index contributed by atoms with van der Waals surface area (Å²) in [7, 11) is 1.31. The molecule has 3 aromatic rings. The lowest BCUT2D eigenvalue weighted by Crippen LogP contribution is -2.02. The number of nitrogens with zero attached hydrogens (tertiary/aromatic N) is 2. The number of hydrogen-bond acceptors (Lipinski definition) is 8. The van der Waals surface area contributed by atoms with E-state index in [1.165, 1.54) is 25.1 Å². The zero-order chi connectivity index (χ0) is 17.6. The molecule has 0 amide bonds. The molecule has 8 heteroatoms. The Morgan fingerprint density at radius 1 is 1.24 bits per heavy atom. The SMILES string of the molecule is CCOc1ccccc1-c1nnc(SCc2ccoc2C(=O)OC)o1. The average Bonchev–Trinajstić information content (AvgIpc) is 3.29. The fourth-order valence-electron chi connectivity index (χ4n) is 2.16. The van der Waals surface area contributed by atoms with Crippen LogP contribution in [0, 0.1) is 0 Å². The first-order chi connectivity index (χ1) is 12.2. The Bertz CT molecular complexity index is 858. The molecule has 2 heterocycles. The van der Waals surface area contributed by atoms with Crippen LogP contribution in [0.4, 0.5) is 0 Å². The summed E-state index contributed by atoms with van der Waals surface area (Å²) in [5, 5.41) is 8.49. The van der Waals surface area contributed by atoms with Crippen molar-refractivity contribution in [1.29, 1.82) is 0 Å². The predicted molar refractivity (Wildman–Crippen MR) is 90.5 cm³/mol. The molecule has 130 valence electrons. The number of aromatic nitrogens is 2. The molecule has 0 atom stereocenters. The van der Waals surface area contributed by atoms with Gasteiger partial charge in [-0.05, 0) is 25.1 Å². The number of carbonyl (C=O) groups is 1. The second-order valence-electron chi connectivity index (χ2n) is 4.86. The third-order valence-corrected chi connectivity index (χ3v) is 4.16. The number of hydrogen-bond donors (Lipinski definition) is 0. The number of esters is 1. The summed E-state index contributed by atoms with van der Waals surface area (Å²) in [5.74, 6) is 1.17. The molecular weight excluding hydrogens is 344 g/mol. The Morgan fingerprint density at radius 3 is 2.88 bits per heavy atom. The molecule has 0 radical (unpaired) electrons. The lowest BCUT2D eigenvalue weighted by molar-refractivity contribution is 0.0564. The van der Waals surface area contributed by atoms with Gasteiger partial charge in [0.1, 0.15) is 5.75 Å². The molecular formula is C17H16N2O5S. The maximum absolute atomic E-state index is 11.6. The highest BCUT2D eigenvalue weighted by Crippen LogP contribution is 2.32. The van der Waals surface area contributed by atoms with Crippen LogP contribution in [0.15, 0.2) is 50.7 Å². The molecule has 0 aliphatic rings. The van der Waals surface area contributed by atoms with Gasteiger partial charge in [0.15, 0.2) is 0 Å². The molecule has 0 unspecified atom stereocenters. The highest BCUT2D eigenvalue weighted by molar-refractivity contribution is 7.98. The van der Waals surface area contributed by atoms with Crippen LogP contribution in [0.2, 0.25) is 0 Å². The van der Waals surface area contributed by atoms with Crippen LogP contribution in [-0.2, 0) is 10.5 Å². The Labute approximate surface area is 148 Å². The van der Waals surface area contributed by atoms with E-state index in [4.69, 9.17) is 13.6 Å². The first kappa shape index (κ1) is 17.1. The molecule has 0 fully saturated rings. The molecule has 1 aromatic carbocycles. The van der Waals surface area contributed by atoms with Gasteiger partial charge in [-0.3, -0.25) is 0 Å². The van der Waals surface area contributed by atoms with Crippen molar-refractivity contribution in [1.82, 2.24) is 10.2 Å². The maximum Gasteiger partial charge on any atom is 0.374 e. The molecule has 0 aliphatic heterocycles. The van der Waals surface area contributed by atoms with Gasteiger partial charge >= 0.3 is 5.97 Å². The molecule has 0 bridgehead atoms. The van der Waals surface area contributed by atoms with E-state index in [0.29, 0.717) is 34.8 Å². The fraction of sp³-hybridized carbons (Fsp3) is 0.235. The Kier molecular flexibility index (Phi) is 5.39. The highest BCUT2D eigenvalue weighted by Gasteiger charge is 2.18. The van der Waals surface area contributed by atoms with Gasteiger partial charge in [0.25, 0.3) is 11.1 Å². The van der Waals surface area contributed by atoms with Crippen molar-refractivity contribution in [3.8, 4) is 17.2 Å². The molecule has 0 saturated heterocycles. The summed E-state index contributed by atoms with van der Waals surface area (Å²) in [5.41, 5.74) is 1.44. The third kappa shape index (κ3) is 3.85. The topological polar surface area (TPSA) is 87.6 Å². The smallest absolute Gasteiger partial charge is 0.374 e. The highest BCUT2D eigenvalue weighted by atomic mass is 32.2. The van der Waals surface area contributed by atoms with Crippen molar-refractivity contribution in [2.75, 3.05) is 13.7 Å². The standard InChI is InChI=1S/C17H16N2O5S/c1-3-22-13-7-5-4-6-12(13)15-18-19-17(24-15)25-10-11-8-9-23-14(11)16(20)21-2/h4-9H,3,10H2,1-2H3. The van der Waals surface area contributed by atoms with E-state index in [-0.39, 0.29) is 5.76 Å². The van der Waals surface area contributed by atoms with Crippen LogP contribution >= 0.6 is 11.8 Å².